The Bertz CT molecular complexity index is 1060. The number of hydrazone groups is 1. The van der Waals surface area contributed by atoms with E-state index in [1.165, 1.54) is 4.90 Å². The lowest BCUT2D eigenvalue weighted by atomic mass is 10.1. The molecule has 0 saturated carbocycles. The first kappa shape index (κ1) is 23.7. The molecule has 3 heterocycles. The molecule has 1 amide bonds. The number of carbonyl (C=O) groups is 1. The predicted octanol–water partition coefficient (Wildman–Crippen LogP) is 3.22. The average molecular weight is 454 g/mol. The van der Waals surface area contributed by atoms with E-state index in [1.807, 2.05) is 55.4 Å². The van der Waals surface area contributed by atoms with E-state index in [9.17, 15) is 9.18 Å². The number of hydrogen-bond acceptors (Lipinski definition) is 8. The molecule has 9 nitrogen and oxygen atoms in total. The molecule has 174 valence electrons. The van der Waals surface area contributed by atoms with Crippen molar-refractivity contribution in [3.05, 3.63) is 71.8 Å². The Morgan fingerprint density at radius 3 is 2.64 bits per heavy atom. The molecule has 0 radical (unpaired) electrons. The van der Waals surface area contributed by atoms with Gasteiger partial charge in [0.1, 0.15) is 24.2 Å². The van der Waals surface area contributed by atoms with Gasteiger partial charge in [-0.05, 0) is 25.6 Å². The van der Waals surface area contributed by atoms with Crippen molar-refractivity contribution in [2.45, 2.75) is 26.6 Å². The van der Waals surface area contributed by atoms with Crippen LogP contribution < -0.4 is 16.0 Å². The maximum absolute atomic E-state index is 11.9. The highest BCUT2D eigenvalue weighted by Crippen LogP contribution is 2.28. The lowest BCUT2D eigenvalue weighted by molar-refractivity contribution is 0.181. The topological polar surface area (TPSA) is 109 Å². The molecule has 2 aliphatic rings. The lowest BCUT2D eigenvalue weighted by Crippen LogP contribution is -2.38. The molecule has 1 aromatic carbocycles. The van der Waals surface area contributed by atoms with Crippen molar-refractivity contribution in [3.63, 3.8) is 0 Å². The second kappa shape index (κ2) is 11.1. The maximum atomic E-state index is 11.9. The third-order valence-electron chi connectivity index (χ3n) is 5.07. The number of halogens is 1. The minimum Gasteiger partial charge on any atom is -0.447 e. The molecule has 0 spiro atoms. The zero-order valence-corrected chi connectivity index (χ0v) is 18.9. The van der Waals surface area contributed by atoms with Gasteiger partial charge in [0.2, 0.25) is 0 Å². The summed E-state index contributed by atoms with van der Waals surface area (Å²) in [6.45, 7) is 5.27. The third kappa shape index (κ3) is 5.11. The molecule has 0 bridgehead atoms. The summed E-state index contributed by atoms with van der Waals surface area (Å²) in [7, 11) is 0.500. The van der Waals surface area contributed by atoms with Gasteiger partial charge in [0.05, 0.1) is 26.5 Å². The second-order valence-electron chi connectivity index (χ2n) is 7.08. The van der Waals surface area contributed by atoms with Crippen LogP contribution in [0.25, 0.3) is 0 Å². The van der Waals surface area contributed by atoms with Crippen molar-refractivity contribution in [3.8, 4) is 0 Å². The smallest absolute Gasteiger partial charge is 0.414 e. The molecule has 1 aromatic heterocycles. The van der Waals surface area contributed by atoms with Crippen LogP contribution in [0.5, 0.6) is 0 Å². The van der Waals surface area contributed by atoms with Gasteiger partial charge in [-0.1, -0.05) is 42.5 Å². The van der Waals surface area contributed by atoms with Gasteiger partial charge < -0.3 is 15.8 Å². The van der Waals surface area contributed by atoms with Gasteiger partial charge in [-0.25, -0.2) is 14.8 Å². The fourth-order valence-electron chi connectivity index (χ4n) is 3.59. The number of nitrogens with two attached hydrogens (primary N) is 1. The number of benzene rings is 1. The summed E-state index contributed by atoms with van der Waals surface area (Å²) in [5.41, 5.74) is 9.34. The Labute approximate surface area is 192 Å². The molecule has 4 rings (SSSR count). The van der Waals surface area contributed by atoms with E-state index in [-0.39, 0.29) is 12.0 Å². The SMILES string of the molecule is C/C=C\NC1/C(=C\C)C(c2ncc(N3CCOC3=O)c(N)n2)=NN1Cc1ccccc1.CF. The van der Waals surface area contributed by atoms with Gasteiger partial charge in [-0.3, -0.25) is 14.3 Å². The quantitative estimate of drug-likeness (QED) is 0.691. The van der Waals surface area contributed by atoms with Gasteiger partial charge in [-0.15, -0.1) is 0 Å². The van der Waals surface area contributed by atoms with Gasteiger partial charge in [0.25, 0.3) is 0 Å². The van der Waals surface area contributed by atoms with Crippen LogP contribution in [0.1, 0.15) is 25.2 Å². The summed E-state index contributed by atoms with van der Waals surface area (Å²) < 4.78 is 14.5. The first-order valence-electron chi connectivity index (χ1n) is 10.5. The van der Waals surface area contributed by atoms with Gasteiger partial charge in [0.15, 0.2) is 11.6 Å². The van der Waals surface area contributed by atoms with Crippen LogP contribution in [0, 0.1) is 0 Å². The number of carbonyl (C=O) groups excluding carboxylic acids is 1. The summed E-state index contributed by atoms with van der Waals surface area (Å²) in [5, 5.41) is 10.2. The predicted molar refractivity (Wildman–Crippen MR) is 126 cm³/mol. The van der Waals surface area contributed by atoms with E-state index < -0.39 is 6.09 Å². The number of nitrogen functional groups attached to an aromatic ring is 1. The van der Waals surface area contributed by atoms with Crippen LogP contribution in [0.15, 0.2) is 65.6 Å². The van der Waals surface area contributed by atoms with Crippen LogP contribution in [0.4, 0.5) is 20.7 Å². The Hall–Kier alpha value is -3.95. The van der Waals surface area contributed by atoms with Crippen molar-refractivity contribution in [1.29, 1.82) is 0 Å². The van der Waals surface area contributed by atoms with Crippen molar-refractivity contribution < 1.29 is 13.9 Å². The number of nitrogens with zero attached hydrogens (tertiary/aromatic N) is 5. The van der Waals surface area contributed by atoms with Crippen LogP contribution in [0.2, 0.25) is 0 Å². The van der Waals surface area contributed by atoms with Crippen LogP contribution in [0.3, 0.4) is 0 Å². The standard InChI is InChI=1S/C22H25N7O2.CH3F/c1-3-10-24-21-16(4-2)18(27-29(21)14-15-8-6-5-7-9-15)20-25-13-17(19(23)26-20)28-11-12-31-22(28)30;1-2/h3-10,13,21,24H,11-12,14H2,1-2H3,(H2,23,25,26);1H3/b10-3-,16-4-;. The number of hydrogen-bond donors (Lipinski definition) is 2. The number of aromatic nitrogens is 2. The zero-order valence-electron chi connectivity index (χ0n) is 18.9. The summed E-state index contributed by atoms with van der Waals surface area (Å²) in [6.07, 6.45) is 6.76. The fourth-order valence-corrected chi connectivity index (χ4v) is 3.59. The Balaban J connectivity index is 0.00000149. The summed E-state index contributed by atoms with van der Waals surface area (Å²) >= 11 is 0. The molecule has 2 aromatic rings. The molecular formula is C23H28FN7O2. The van der Waals surface area contributed by atoms with E-state index in [2.05, 4.69) is 27.4 Å². The Morgan fingerprint density at radius 2 is 2.03 bits per heavy atom. The highest BCUT2D eigenvalue weighted by Gasteiger charge is 2.34. The number of cyclic esters (lactones) is 1. The molecule has 3 N–H and O–H groups in total. The van der Waals surface area contributed by atoms with Crippen LogP contribution in [-0.4, -0.2) is 53.3 Å². The normalized spacial score (nSPS) is 18.9. The van der Waals surface area contributed by atoms with E-state index in [0.717, 1.165) is 11.1 Å². The molecule has 1 atom stereocenters. The molecule has 1 fully saturated rings. The fraction of sp³-hybridized carbons (Fsp3) is 0.304. The molecule has 0 aliphatic carbocycles. The van der Waals surface area contributed by atoms with Crippen molar-refractivity contribution in [2.24, 2.45) is 5.10 Å². The largest absolute Gasteiger partial charge is 0.447 e. The van der Waals surface area contributed by atoms with E-state index >= 15 is 0 Å². The maximum Gasteiger partial charge on any atom is 0.414 e. The number of rotatable bonds is 6. The van der Waals surface area contributed by atoms with Gasteiger partial charge in [0, 0.05) is 5.57 Å². The first-order valence-corrected chi connectivity index (χ1v) is 10.5. The first-order chi connectivity index (χ1) is 16.1. The average Bonchev–Trinajstić information content (AvgIpc) is 3.42. The molecule has 10 heteroatoms. The number of nitrogens with one attached hydrogen (secondary N) is 1. The zero-order chi connectivity index (χ0) is 23.8. The highest BCUT2D eigenvalue weighted by atomic mass is 19.1. The van der Waals surface area contributed by atoms with Crippen LogP contribution >= 0.6 is 0 Å². The summed E-state index contributed by atoms with van der Waals surface area (Å²) in [4.78, 5) is 22.2. The number of allylic oxidation sites excluding steroid dienone is 2. The van der Waals surface area contributed by atoms with Crippen molar-refractivity contribution >= 4 is 23.3 Å². The van der Waals surface area contributed by atoms with Crippen molar-refractivity contribution in [2.75, 3.05) is 31.0 Å². The molecule has 1 unspecified atom stereocenters. The minimum absolute atomic E-state index is 0.172. The number of anilines is 2. The Morgan fingerprint density at radius 1 is 1.27 bits per heavy atom. The minimum atomic E-state index is -0.444. The number of amides is 1. The third-order valence-corrected chi connectivity index (χ3v) is 5.07. The monoisotopic (exact) mass is 453 g/mol. The molecule has 33 heavy (non-hydrogen) atoms. The second-order valence-corrected chi connectivity index (χ2v) is 7.08. The van der Waals surface area contributed by atoms with E-state index in [0.29, 0.717) is 44.1 Å². The van der Waals surface area contributed by atoms with Gasteiger partial charge >= 0.3 is 6.09 Å². The van der Waals surface area contributed by atoms with E-state index in [4.69, 9.17) is 15.6 Å². The van der Waals surface area contributed by atoms with Gasteiger partial charge in [-0.2, -0.15) is 5.10 Å². The van der Waals surface area contributed by atoms with Crippen LogP contribution in [-0.2, 0) is 11.3 Å². The number of alkyl halides is 1. The summed E-state index contributed by atoms with van der Waals surface area (Å²) in [6, 6.07) is 10.1. The molecule has 2 aliphatic heterocycles. The van der Waals surface area contributed by atoms with Crippen molar-refractivity contribution in [1.82, 2.24) is 20.3 Å². The Kier molecular flexibility index (Phi) is 7.96. The molecular weight excluding hydrogens is 425 g/mol. The molecule has 1 saturated heterocycles. The number of ether oxygens (including phenoxy) is 1. The summed E-state index contributed by atoms with van der Waals surface area (Å²) in [5.74, 6) is 0.617. The van der Waals surface area contributed by atoms with E-state index in [1.54, 1.807) is 6.20 Å². The lowest BCUT2D eigenvalue weighted by Gasteiger charge is -2.24. The highest BCUT2D eigenvalue weighted by molar-refractivity contribution is 6.12.